The third-order valence-electron chi connectivity index (χ3n) is 3.16. The minimum absolute atomic E-state index is 0.432. The van der Waals surface area contributed by atoms with Crippen LogP contribution < -0.4 is 5.46 Å². The van der Waals surface area contributed by atoms with Gasteiger partial charge in [0.15, 0.2) is 0 Å². The molecule has 2 rings (SSSR count). The van der Waals surface area contributed by atoms with Crippen LogP contribution in [0.15, 0.2) is 42.5 Å². The third-order valence-corrected chi connectivity index (χ3v) is 3.16. The molecule has 0 aromatic heterocycles. The molecule has 3 nitrogen and oxygen atoms in total. The monoisotopic (exact) mass is 251 g/mol. The normalized spacial score (nSPS) is 10.0. The van der Waals surface area contributed by atoms with Crippen molar-refractivity contribution in [2.75, 3.05) is 0 Å². The first kappa shape index (κ1) is 13.3. The van der Waals surface area contributed by atoms with E-state index in [1.165, 1.54) is 0 Å². The van der Waals surface area contributed by atoms with E-state index in [0.29, 0.717) is 17.4 Å². The second kappa shape index (κ2) is 5.70. The van der Waals surface area contributed by atoms with Crippen LogP contribution in [0.1, 0.15) is 18.1 Å². The quantitative estimate of drug-likeness (QED) is 0.812. The van der Waals surface area contributed by atoms with Crippen molar-refractivity contribution in [3.05, 3.63) is 53.6 Å². The lowest BCUT2D eigenvalue weighted by Crippen LogP contribution is -2.32. The van der Waals surface area contributed by atoms with Crippen LogP contribution in [-0.2, 0) is 6.42 Å². The average molecular weight is 251 g/mol. The summed E-state index contributed by atoms with van der Waals surface area (Å²) in [4.78, 5) is 0. The summed E-state index contributed by atoms with van der Waals surface area (Å²) in [6.45, 7) is 1.95. The highest BCUT2D eigenvalue weighted by molar-refractivity contribution is 6.60. The van der Waals surface area contributed by atoms with Crippen LogP contribution in [0.25, 0.3) is 11.1 Å². The molecule has 0 saturated heterocycles. The largest absolute Gasteiger partial charge is 0.489 e. The van der Waals surface area contributed by atoms with Crippen LogP contribution in [0.3, 0.4) is 0 Å². The summed E-state index contributed by atoms with van der Waals surface area (Å²) in [5, 5.41) is 28.2. The Morgan fingerprint density at radius 3 is 2.32 bits per heavy atom. The lowest BCUT2D eigenvalue weighted by molar-refractivity contribution is 0.426. The smallest absolute Gasteiger partial charge is 0.423 e. The van der Waals surface area contributed by atoms with Gasteiger partial charge >= 0.3 is 7.12 Å². The number of nitrogens with zero attached hydrogens (tertiary/aromatic N) is 1. The van der Waals surface area contributed by atoms with Crippen molar-refractivity contribution in [2.45, 2.75) is 13.3 Å². The summed E-state index contributed by atoms with van der Waals surface area (Å²) >= 11 is 0. The Morgan fingerprint density at radius 2 is 1.79 bits per heavy atom. The van der Waals surface area contributed by atoms with E-state index < -0.39 is 7.12 Å². The molecule has 0 unspecified atom stereocenters. The molecule has 2 aromatic rings. The zero-order chi connectivity index (χ0) is 13.8. The van der Waals surface area contributed by atoms with E-state index in [1.54, 1.807) is 12.1 Å². The first-order chi connectivity index (χ1) is 9.19. The van der Waals surface area contributed by atoms with Gasteiger partial charge in [-0.05, 0) is 34.6 Å². The maximum atomic E-state index is 9.52. The van der Waals surface area contributed by atoms with Gasteiger partial charge in [0.05, 0.1) is 11.6 Å². The Labute approximate surface area is 112 Å². The van der Waals surface area contributed by atoms with E-state index in [2.05, 4.69) is 6.07 Å². The van der Waals surface area contributed by atoms with E-state index in [-0.39, 0.29) is 0 Å². The third kappa shape index (κ3) is 2.53. The van der Waals surface area contributed by atoms with E-state index >= 15 is 0 Å². The molecule has 0 radical (unpaired) electrons. The van der Waals surface area contributed by atoms with Gasteiger partial charge in [-0.3, -0.25) is 0 Å². The van der Waals surface area contributed by atoms with Crippen molar-refractivity contribution in [1.82, 2.24) is 0 Å². The van der Waals surface area contributed by atoms with Crippen LogP contribution in [0, 0.1) is 11.3 Å². The van der Waals surface area contributed by atoms with Crippen molar-refractivity contribution in [3.63, 3.8) is 0 Å². The predicted molar refractivity (Wildman–Crippen MR) is 75.8 cm³/mol. The molecule has 0 spiro atoms. The number of nitriles is 1. The zero-order valence-electron chi connectivity index (χ0n) is 10.7. The topological polar surface area (TPSA) is 64.2 Å². The van der Waals surface area contributed by atoms with Crippen molar-refractivity contribution >= 4 is 12.6 Å². The van der Waals surface area contributed by atoms with E-state index in [1.807, 2.05) is 37.3 Å². The van der Waals surface area contributed by atoms with Crippen LogP contribution >= 0.6 is 0 Å². The molecule has 2 N–H and O–H groups in total. The molecule has 0 aliphatic carbocycles. The van der Waals surface area contributed by atoms with E-state index in [0.717, 1.165) is 16.7 Å². The van der Waals surface area contributed by atoms with Crippen LogP contribution in [0.4, 0.5) is 0 Å². The van der Waals surface area contributed by atoms with Crippen LogP contribution in [0.2, 0.25) is 0 Å². The summed E-state index contributed by atoms with van der Waals surface area (Å²) < 4.78 is 0. The lowest BCUT2D eigenvalue weighted by atomic mass is 9.72. The standard InChI is InChI=1S/C15H14BNO2/c1-2-13-12(10-17)8-9-14(16(18)19)15(13)11-6-4-3-5-7-11/h3-9,18-19H,2H2,1H3. The number of rotatable bonds is 3. The van der Waals surface area contributed by atoms with E-state index in [4.69, 9.17) is 0 Å². The van der Waals surface area contributed by atoms with Gasteiger partial charge in [-0.25, -0.2) is 0 Å². The first-order valence-electron chi connectivity index (χ1n) is 6.16. The molecule has 0 saturated carbocycles. The van der Waals surface area contributed by atoms with Crippen LogP contribution in [-0.4, -0.2) is 17.2 Å². The Morgan fingerprint density at radius 1 is 1.11 bits per heavy atom. The lowest BCUT2D eigenvalue weighted by Gasteiger charge is -2.15. The number of benzene rings is 2. The fourth-order valence-electron chi connectivity index (χ4n) is 2.30. The summed E-state index contributed by atoms with van der Waals surface area (Å²) in [6.07, 6.45) is 0.660. The highest BCUT2D eigenvalue weighted by atomic mass is 16.4. The second-order valence-electron chi connectivity index (χ2n) is 4.26. The Kier molecular flexibility index (Phi) is 4.01. The summed E-state index contributed by atoms with van der Waals surface area (Å²) in [5.74, 6) is 0. The molecular formula is C15H14BNO2. The molecule has 0 amide bonds. The molecule has 0 aliphatic rings. The van der Waals surface area contributed by atoms with Crippen molar-refractivity contribution < 1.29 is 10.0 Å². The SMILES string of the molecule is CCc1c(C#N)ccc(B(O)O)c1-c1ccccc1. The van der Waals surface area contributed by atoms with Crippen molar-refractivity contribution in [3.8, 4) is 17.2 Å². The van der Waals surface area contributed by atoms with Gasteiger partial charge in [0.2, 0.25) is 0 Å². The predicted octanol–water partition coefficient (Wildman–Crippen LogP) is 1.47. The maximum absolute atomic E-state index is 9.52. The Hall–Kier alpha value is -2.09. The van der Waals surface area contributed by atoms with Crippen molar-refractivity contribution in [2.24, 2.45) is 0 Å². The van der Waals surface area contributed by atoms with Crippen LogP contribution in [0.5, 0.6) is 0 Å². The highest BCUT2D eigenvalue weighted by Gasteiger charge is 2.21. The molecule has 94 valence electrons. The van der Waals surface area contributed by atoms with Gasteiger partial charge in [-0.15, -0.1) is 0 Å². The molecule has 2 aromatic carbocycles. The summed E-state index contributed by atoms with van der Waals surface area (Å²) in [6, 6.07) is 14.9. The molecule has 0 heterocycles. The number of hydrogen-bond acceptors (Lipinski definition) is 3. The van der Waals surface area contributed by atoms with Gasteiger partial charge in [0.25, 0.3) is 0 Å². The fraction of sp³-hybridized carbons (Fsp3) is 0.133. The molecular weight excluding hydrogens is 237 g/mol. The number of hydrogen-bond donors (Lipinski definition) is 2. The van der Waals surface area contributed by atoms with Gasteiger partial charge in [-0.2, -0.15) is 5.26 Å². The van der Waals surface area contributed by atoms with Gasteiger partial charge in [0, 0.05) is 0 Å². The van der Waals surface area contributed by atoms with Gasteiger partial charge in [0.1, 0.15) is 0 Å². The maximum Gasteiger partial charge on any atom is 0.489 e. The molecule has 4 heteroatoms. The summed E-state index contributed by atoms with van der Waals surface area (Å²) in [7, 11) is -1.55. The average Bonchev–Trinajstić information content (AvgIpc) is 2.46. The molecule has 19 heavy (non-hydrogen) atoms. The Bertz CT molecular complexity index is 618. The fourth-order valence-corrected chi connectivity index (χ4v) is 2.30. The van der Waals surface area contributed by atoms with Crippen molar-refractivity contribution in [1.29, 1.82) is 5.26 Å². The minimum atomic E-state index is -1.55. The van der Waals surface area contributed by atoms with E-state index in [9.17, 15) is 15.3 Å². The Balaban J connectivity index is 2.78. The summed E-state index contributed by atoms with van der Waals surface area (Å²) in [5.41, 5.74) is 3.49. The zero-order valence-corrected chi connectivity index (χ0v) is 10.7. The molecule has 0 aliphatic heterocycles. The molecule has 0 bridgehead atoms. The second-order valence-corrected chi connectivity index (χ2v) is 4.26. The molecule has 0 atom stereocenters. The minimum Gasteiger partial charge on any atom is -0.423 e. The highest BCUT2D eigenvalue weighted by Crippen LogP contribution is 2.25. The van der Waals surface area contributed by atoms with Gasteiger partial charge in [-0.1, -0.05) is 43.3 Å². The molecule has 0 fully saturated rings. The first-order valence-corrected chi connectivity index (χ1v) is 6.16. The van der Waals surface area contributed by atoms with Gasteiger partial charge < -0.3 is 10.0 Å².